The summed E-state index contributed by atoms with van der Waals surface area (Å²) in [5.74, 6) is 0.521. The molecule has 0 heterocycles. The highest BCUT2D eigenvalue weighted by atomic mass is 19.4. The number of rotatable bonds is 4. The van der Waals surface area contributed by atoms with Gasteiger partial charge in [0.05, 0.1) is 12.2 Å². The van der Waals surface area contributed by atoms with E-state index in [1.54, 1.807) is 24.3 Å². The molecule has 112 valence electrons. The van der Waals surface area contributed by atoms with Crippen LogP contribution in [-0.4, -0.2) is 11.7 Å². The zero-order chi connectivity index (χ0) is 15.5. The van der Waals surface area contributed by atoms with Gasteiger partial charge in [0.15, 0.2) is 0 Å². The molecule has 1 atom stereocenters. The van der Waals surface area contributed by atoms with Gasteiger partial charge in [-0.15, -0.1) is 0 Å². The zero-order valence-corrected chi connectivity index (χ0v) is 11.4. The molecule has 1 N–H and O–H groups in total. The summed E-state index contributed by atoms with van der Waals surface area (Å²) >= 11 is 0. The molecule has 1 unspecified atom stereocenters. The lowest BCUT2D eigenvalue weighted by atomic mass is 9.99. The summed E-state index contributed by atoms with van der Waals surface area (Å²) in [6.45, 7) is 2.26. The predicted molar refractivity (Wildman–Crippen MR) is 73.1 cm³/mol. The Bertz CT molecular complexity index is 591. The molecule has 2 aromatic rings. The fourth-order valence-electron chi connectivity index (χ4n) is 2.03. The van der Waals surface area contributed by atoms with E-state index in [9.17, 15) is 18.3 Å². The van der Waals surface area contributed by atoms with Crippen LogP contribution in [0.3, 0.4) is 0 Å². The van der Waals surface area contributed by atoms with E-state index in [0.717, 1.165) is 12.1 Å². The lowest BCUT2D eigenvalue weighted by molar-refractivity contribution is -0.137. The van der Waals surface area contributed by atoms with Crippen molar-refractivity contribution in [3.63, 3.8) is 0 Å². The molecule has 0 amide bonds. The van der Waals surface area contributed by atoms with Crippen LogP contribution in [0.2, 0.25) is 0 Å². The average molecular weight is 296 g/mol. The van der Waals surface area contributed by atoms with E-state index in [4.69, 9.17) is 4.74 Å². The lowest BCUT2D eigenvalue weighted by Gasteiger charge is -2.16. The number of benzene rings is 2. The molecule has 0 bridgehead atoms. The molecule has 5 heteroatoms. The Morgan fingerprint density at radius 2 is 1.67 bits per heavy atom. The summed E-state index contributed by atoms with van der Waals surface area (Å²) in [4.78, 5) is 0. The van der Waals surface area contributed by atoms with Crippen molar-refractivity contribution in [2.45, 2.75) is 19.2 Å². The van der Waals surface area contributed by atoms with Gasteiger partial charge in [0.1, 0.15) is 11.9 Å². The van der Waals surface area contributed by atoms with E-state index in [1.807, 2.05) is 6.92 Å². The maximum Gasteiger partial charge on any atom is 0.416 e. The van der Waals surface area contributed by atoms with Gasteiger partial charge < -0.3 is 9.84 Å². The summed E-state index contributed by atoms with van der Waals surface area (Å²) in [7, 11) is 0. The molecular formula is C16H15F3O2. The maximum atomic E-state index is 12.5. The van der Waals surface area contributed by atoms with Crippen LogP contribution in [0.1, 0.15) is 29.7 Å². The van der Waals surface area contributed by atoms with Gasteiger partial charge in [-0.25, -0.2) is 0 Å². The fraction of sp³-hybridized carbons (Fsp3) is 0.250. The highest BCUT2D eigenvalue weighted by Gasteiger charge is 2.30. The second-order valence-electron chi connectivity index (χ2n) is 4.49. The van der Waals surface area contributed by atoms with Crippen LogP contribution < -0.4 is 4.74 Å². The number of aliphatic hydroxyl groups is 1. The minimum atomic E-state index is -4.38. The Balaban J connectivity index is 2.30. The molecule has 2 rings (SSSR count). The first-order valence-corrected chi connectivity index (χ1v) is 6.50. The second-order valence-corrected chi connectivity index (χ2v) is 4.49. The summed E-state index contributed by atoms with van der Waals surface area (Å²) in [5.41, 5.74) is 0.172. The monoisotopic (exact) mass is 296 g/mol. The van der Waals surface area contributed by atoms with Crippen molar-refractivity contribution in [1.82, 2.24) is 0 Å². The molecule has 0 spiro atoms. The standard InChI is InChI=1S/C16H15F3O2/c1-2-21-14-6-4-3-5-13(14)15(20)11-7-9-12(10-8-11)16(17,18)19/h3-10,15,20H,2H2,1H3. The van der Waals surface area contributed by atoms with Crippen molar-refractivity contribution in [3.8, 4) is 5.75 Å². The molecular weight excluding hydrogens is 281 g/mol. The van der Waals surface area contributed by atoms with Crippen molar-refractivity contribution in [2.24, 2.45) is 0 Å². The van der Waals surface area contributed by atoms with Crippen molar-refractivity contribution < 1.29 is 23.0 Å². The van der Waals surface area contributed by atoms with Gasteiger partial charge in [0.2, 0.25) is 0 Å². The Hall–Kier alpha value is -2.01. The minimum Gasteiger partial charge on any atom is -0.493 e. The summed E-state index contributed by atoms with van der Waals surface area (Å²) in [6, 6.07) is 11.4. The Morgan fingerprint density at radius 1 is 1.05 bits per heavy atom. The molecule has 0 aliphatic rings. The number of para-hydroxylation sites is 1. The van der Waals surface area contributed by atoms with Gasteiger partial charge >= 0.3 is 6.18 Å². The van der Waals surface area contributed by atoms with Crippen LogP contribution in [-0.2, 0) is 6.18 Å². The highest BCUT2D eigenvalue weighted by Crippen LogP contribution is 2.33. The molecule has 2 nitrogen and oxygen atoms in total. The molecule has 0 radical (unpaired) electrons. The van der Waals surface area contributed by atoms with Crippen molar-refractivity contribution in [1.29, 1.82) is 0 Å². The Morgan fingerprint density at radius 3 is 2.24 bits per heavy atom. The largest absolute Gasteiger partial charge is 0.493 e. The third-order valence-electron chi connectivity index (χ3n) is 3.07. The Kier molecular flexibility index (Phi) is 4.53. The number of halogens is 3. The van der Waals surface area contributed by atoms with Gasteiger partial charge in [0.25, 0.3) is 0 Å². The first kappa shape index (κ1) is 15.4. The predicted octanol–water partition coefficient (Wildman–Crippen LogP) is 4.19. The van der Waals surface area contributed by atoms with Gasteiger partial charge in [-0.2, -0.15) is 13.2 Å². The first-order valence-electron chi connectivity index (χ1n) is 6.50. The van der Waals surface area contributed by atoms with E-state index in [0.29, 0.717) is 23.5 Å². The number of hydrogen-bond acceptors (Lipinski definition) is 2. The molecule has 2 aromatic carbocycles. The molecule has 0 saturated carbocycles. The SMILES string of the molecule is CCOc1ccccc1C(O)c1ccc(C(F)(F)F)cc1. The van der Waals surface area contributed by atoms with Crippen molar-refractivity contribution >= 4 is 0 Å². The van der Waals surface area contributed by atoms with Crippen LogP contribution in [0.4, 0.5) is 13.2 Å². The van der Waals surface area contributed by atoms with Gasteiger partial charge in [-0.05, 0) is 30.7 Å². The van der Waals surface area contributed by atoms with E-state index >= 15 is 0 Å². The number of ether oxygens (including phenoxy) is 1. The van der Waals surface area contributed by atoms with E-state index in [1.165, 1.54) is 12.1 Å². The first-order chi connectivity index (χ1) is 9.93. The van der Waals surface area contributed by atoms with E-state index in [-0.39, 0.29) is 0 Å². The quantitative estimate of drug-likeness (QED) is 0.917. The second kappa shape index (κ2) is 6.18. The molecule has 0 fully saturated rings. The lowest BCUT2D eigenvalue weighted by Crippen LogP contribution is -2.07. The van der Waals surface area contributed by atoms with E-state index in [2.05, 4.69) is 0 Å². The number of hydrogen-bond donors (Lipinski definition) is 1. The normalized spacial score (nSPS) is 13.0. The fourth-order valence-corrected chi connectivity index (χ4v) is 2.03. The Labute approximate surface area is 120 Å². The van der Waals surface area contributed by atoms with Crippen molar-refractivity contribution in [2.75, 3.05) is 6.61 Å². The summed E-state index contributed by atoms with van der Waals surface area (Å²) in [5, 5.41) is 10.3. The van der Waals surface area contributed by atoms with Gasteiger partial charge in [0, 0.05) is 5.56 Å². The third-order valence-corrected chi connectivity index (χ3v) is 3.07. The van der Waals surface area contributed by atoms with Crippen LogP contribution in [0, 0.1) is 0 Å². The molecule has 0 aliphatic heterocycles. The maximum absolute atomic E-state index is 12.5. The molecule has 21 heavy (non-hydrogen) atoms. The summed E-state index contributed by atoms with van der Waals surface area (Å²) in [6.07, 6.45) is -5.41. The van der Waals surface area contributed by atoms with Crippen LogP contribution in [0.15, 0.2) is 48.5 Å². The smallest absolute Gasteiger partial charge is 0.416 e. The van der Waals surface area contributed by atoms with Gasteiger partial charge in [-0.1, -0.05) is 30.3 Å². The molecule has 0 aliphatic carbocycles. The van der Waals surface area contributed by atoms with Gasteiger partial charge in [-0.3, -0.25) is 0 Å². The number of alkyl halides is 3. The van der Waals surface area contributed by atoms with E-state index < -0.39 is 17.8 Å². The summed E-state index contributed by atoms with van der Waals surface area (Å²) < 4.78 is 43.0. The highest BCUT2D eigenvalue weighted by molar-refractivity contribution is 5.41. The van der Waals surface area contributed by atoms with Crippen LogP contribution in [0.25, 0.3) is 0 Å². The average Bonchev–Trinajstić information content (AvgIpc) is 2.47. The molecule has 0 aromatic heterocycles. The van der Waals surface area contributed by atoms with Crippen LogP contribution >= 0.6 is 0 Å². The van der Waals surface area contributed by atoms with Crippen molar-refractivity contribution in [3.05, 3.63) is 65.2 Å². The topological polar surface area (TPSA) is 29.5 Å². The molecule has 0 saturated heterocycles. The van der Waals surface area contributed by atoms with Crippen LogP contribution in [0.5, 0.6) is 5.75 Å². The zero-order valence-electron chi connectivity index (χ0n) is 11.4. The third kappa shape index (κ3) is 3.55. The minimum absolute atomic E-state index is 0.384. The number of aliphatic hydroxyl groups excluding tert-OH is 1.